The van der Waals surface area contributed by atoms with E-state index in [4.69, 9.17) is 38.5 Å². The molecule has 0 aliphatic carbocycles. The first-order valence-electron chi connectivity index (χ1n) is 15.7. The van der Waals surface area contributed by atoms with E-state index in [1.165, 1.54) is 0 Å². The number of benzene rings is 3. The van der Waals surface area contributed by atoms with Crippen molar-refractivity contribution in [1.29, 1.82) is 0 Å². The molecular weight excluding hydrogens is 618 g/mol. The number of aliphatic hydroxyl groups is 1. The van der Waals surface area contributed by atoms with Crippen LogP contribution in [0.2, 0.25) is 0 Å². The molecule has 1 aliphatic rings. The van der Waals surface area contributed by atoms with Crippen LogP contribution in [0.15, 0.2) is 71.7 Å². The summed E-state index contributed by atoms with van der Waals surface area (Å²) < 4.78 is 34.2. The predicted molar refractivity (Wildman–Crippen MR) is 179 cm³/mol. The van der Waals surface area contributed by atoms with Crippen LogP contribution in [0.25, 0.3) is 0 Å². The topological polar surface area (TPSA) is 146 Å². The number of methoxy groups -OCH3 is 3. The Morgan fingerprint density at radius 1 is 0.958 bits per heavy atom. The van der Waals surface area contributed by atoms with Gasteiger partial charge in [-0.05, 0) is 75.2 Å². The SMILES string of the molecule is COc1cccc([C@@H]2OC(c3ccc(OCCCO)cc3)=N[C@]2(CCC(=O)OC(C)(C)C)C(=O)NNCc2cccc(OC)c2OC)c1. The highest BCUT2D eigenvalue weighted by Crippen LogP contribution is 2.44. The third-order valence-corrected chi connectivity index (χ3v) is 7.52. The molecule has 0 radical (unpaired) electrons. The normalized spacial score (nSPS) is 17.1. The Kier molecular flexibility index (Phi) is 12.3. The summed E-state index contributed by atoms with van der Waals surface area (Å²) in [6.45, 7) is 5.96. The maximum absolute atomic E-state index is 14.4. The van der Waals surface area contributed by atoms with Crippen LogP contribution in [0, 0.1) is 0 Å². The molecule has 2 atom stereocenters. The lowest BCUT2D eigenvalue weighted by Crippen LogP contribution is -2.52. The maximum atomic E-state index is 14.4. The zero-order chi connectivity index (χ0) is 34.7. The van der Waals surface area contributed by atoms with Crippen LogP contribution in [0.4, 0.5) is 0 Å². The van der Waals surface area contributed by atoms with Gasteiger partial charge in [-0.1, -0.05) is 24.3 Å². The van der Waals surface area contributed by atoms with E-state index in [1.54, 1.807) is 90.6 Å². The molecule has 0 saturated heterocycles. The number of ether oxygens (including phenoxy) is 6. The quantitative estimate of drug-likeness (QED) is 0.112. The minimum atomic E-state index is -1.60. The lowest BCUT2D eigenvalue weighted by Gasteiger charge is -2.31. The highest BCUT2D eigenvalue weighted by atomic mass is 16.6. The molecule has 4 rings (SSSR count). The van der Waals surface area contributed by atoms with Crippen molar-refractivity contribution in [3.63, 3.8) is 0 Å². The van der Waals surface area contributed by atoms with Crippen molar-refractivity contribution in [2.45, 2.75) is 63.8 Å². The molecule has 0 bridgehead atoms. The van der Waals surface area contributed by atoms with Gasteiger partial charge < -0.3 is 33.5 Å². The second-order valence-corrected chi connectivity index (χ2v) is 12.1. The number of carbonyl (C=O) groups is 2. The average Bonchev–Trinajstić information content (AvgIpc) is 3.48. The van der Waals surface area contributed by atoms with Crippen molar-refractivity contribution in [3.8, 4) is 23.0 Å². The van der Waals surface area contributed by atoms with Gasteiger partial charge in [0, 0.05) is 37.1 Å². The number of hydrogen-bond acceptors (Lipinski definition) is 11. The van der Waals surface area contributed by atoms with Crippen LogP contribution in [-0.4, -0.2) is 68.6 Å². The third-order valence-electron chi connectivity index (χ3n) is 7.52. The van der Waals surface area contributed by atoms with E-state index in [-0.39, 0.29) is 31.9 Å². The van der Waals surface area contributed by atoms with Gasteiger partial charge in [0.1, 0.15) is 17.1 Å². The summed E-state index contributed by atoms with van der Waals surface area (Å²) in [6, 6.07) is 19.8. The molecule has 12 heteroatoms. The molecular formula is C36H45N3O9. The molecule has 258 valence electrons. The number of amides is 1. The van der Waals surface area contributed by atoms with Crippen LogP contribution < -0.4 is 29.8 Å². The summed E-state index contributed by atoms with van der Waals surface area (Å²) in [6.07, 6.45) is -0.551. The van der Waals surface area contributed by atoms with Crippen LogP contribution in [-0.2, 0) is 25.6 Å². The van der Waals surface area contributed by atoms with E-state index in [9.17, 15) is 9.59 Å². The molecule has 48 heavy (non-hydrogen) atoms. The van der Waals surface area contributed by atoms with Gasteiger partial charge in [-0.25, -0.2) is 10.4 Å². The fourth-order valence-corrected chi connectivity index (χ4v) is 5.28. The van der Waals surface area contributed by atoms with Gasteiger partial charge in [0.15, 0.2) is 23.1 Å². The van der Waals surface area contributed by atoms with Gasteiger partial charge in [-0.3, -0.25) is 15.0 Å². The van der Waals surface area contributed by atoms with Gasteiger partial charge in [-0.15, -0.1) is 0 Å². The smallest absolute Gasteiger partial charge is 0.306 e. The number of nitrogens with one attached hydrogen (secondary N) is 2. The molecule has 1 aliphatic heterocycles. The Balaban J connectivity index is 1.71. The van der Waals surface area contributed by atoms with Gasteiger partial charge in [0.25, 0.3) is 5.91 Å². The third kappa shape index (κ3) is 8.96. The molecule has 3 aromatic rings. The fraction of sp³-hybridized carbons (Fsp3) is 0.417. The van der Waals surface area contributed by atoms with Crippen molar-refractivity contribution < 1.29 is 43.1 Å². The van der Waals surface area contributed by atoms with Crippen LogP contribution in [0.5, 0.6) is 23.0 Å². The highest BCUT2D eigenvalue weighted by Gasteiger charge is 2.53. The van der Waals surface area contributed by atoms with Crippen molar-refractivity contribution in [2.24, 2.45) is 4.99 Å². The van der Waals surface area contributed by atoms with E-state index >= 15 is 0 Å². The summed E-state index contributed by atoms with van der Waals surface area (Å²) in [7, 11) is 4.65. The molecule has 3 N–H and O–H groups in total. The molecule has 0 aromatic heterocycles. The molecule has 0 fully saturated rings. The number of hydrogen-bond donors (Lipinski definition) is 3. The number of aliphatic imine (C=N–C) groups is 1. The Labute approximate surface area is 281 Å². The first kappa shape index (κ1) is 36.0. The molecule has 3 aromatic carbocycles. The Morgan fingerprint density at radius 2 is 1.71 bits per heavy atom. The summed E-state index contributed by atoms with van der Waals surface area (Å²) in [5.41, 5.74) is 5.50. The van der Waals surface area contributed by atoms with Crippen molar-refractivity contribution in [2.75, 3.05) is 34.5 Å². The zero-order valence-corrected chi connectivity index (χ0v) is 28.3. The van der Waals surface area contributed by atoms with Crippen LogP contribution in [0.3, 0.4) is 0 Å². The summed E-state index contributed by atoms with van der Waals surface area (Å²) in [5.74, 6) is 1.50. The van der Waals surface area contributed by atoms with Gasteiger partial charge in [0.05, 0.1) is 27.9 Å². The number of hydrazine groups is 1. The minimum absolute atomic E-state index is 0.0222. The monoisotopic (exact) mass is 663 g/mol. The lowest BCUT2D eigenvalue weighted by molar-refractivity contribution is -0.155. The number of carbonyl (C=O) groups excluding carboxylic acids is 2. The predicted octanol–water partition coefficient (Wildman–Crippen LogP) is 4.67. The van der Waals surface area contributed by atoms with Crippen molar-refractivity contribution >= 4 is 17.8 Å². The summed E-state index contributed by atoms with van der Waals surface area (Å²) in [5, 5.41) is 9.07. The number of para-hydroxylation sites is 1. The fourth-order valence-electron chi connectivity index (χ4n) is 5.28. The summed E-state index contributed by atoms with van der Waals surface area (Å²) >= 11 is 0. The standard InChI is InChI=1S/C36H45N3O9/c1-35(2,3)48-30(41)18-19-36(34(42)39-37-23-26-11-8-13-29(44-5)31(26)45-6)32(25-10-7-12-28(22-25)43-4)47-33(38-36)24-14-16-27(17-15-24)46-21-9-20-40/h7-8,10-17,22,32,37,40H,9,18-21,23H2,1-6H3,(H,39,42)/t32-,36-/m0/s1. The van der Waals surface area contributed by atoms with E-state index in [1.807, 2.05) is 18.2 Å². The molecule has 0 unspecified atom stereocenters. The van der Waals surface area contributed by atoms with E-state index in [0.29, 0.717) is 47.2 Å². The molecule has 1 heterocycles. The van der Waals surface area contributed by atoms with Crippen LogP contribution >= 0.6 is 0 Å². The molecule has 12 nitrogen and oxygen atoms in total. The maximum Gasteiger partial charge on any atom is 0.306 e. The van der Waals surface area contributed by atoms with Crippen molar-refractivity contribution in [1.82, 2.24) is 10.9 Å². The first-order valence-corrected chi connectivity index (χ1v) is 15.7. The first-order chi connectivity index (χ1) is 23.0. The lowest BCUT2D eigenvalue weighted by atomic mass is 9.83. The van der Waals surface area contributed by atoms with E-state index in [2.05, 4.69) is 10.9 Å². The van der Waals surface area contributed by atoms with Gasteiger partial charge >= 0.3 is 5.97 Å². The highest BCUT2D eigenvalue weighted by molar-refractivity contribution is 6.01. The van der Waals surface area contributed by atoms with Gasteiger partial charge in [-0.2, -0.15) is 0 Å². The largest absolute Gasteiger partial charge is 0.497 e. The molecule has 0 spiro atoms. The zero-order valence-electron chi connectivity index (χ0n) is 28.3. The summed E-state index contributed by atoms with van der Waals surface area (Å²) in [4.78, 5) is 32.4. The molecule has 1 amide bonds. The number of aliphatic hydroxyl groups excluding tert-OH is 1. The second-order valence-electron chi connectivity index (χ2n) is 12.1. The van der Waals surface area contributed by atoms with Gasteiger partial charge in [0.2, 0.25) is 5.90 Å². The van der Waals surface area contributed by atoms with E-state index in [0.717, 1.165) is 5.56 Å². The average molecular weight is 664 g/mol. The van der Waals surface area contributed by atoms with Crippen molar-refractivity contribution in [3.05, 3.63) is 83.4 Å². The number of esters is 1. The van der Waals surface area contributed by atoms with E-state index < -0.39 is 29.1 Å². The minimum Gasteiger partial charge on any atom is -0.497 e. The Bertz CT molecular complexity index is 1570. The molecule has 0 saturated carbocycles. The Morgan fingerprint density at radius 3 is 2.38 bits per heavy atom. The number of rotatable bonds is 16. The number of nitrogens with zero attached hydrogens (tertiary/aromatic N) is 1. The second kappa shape index (κ2) is 16.3. The van der Waals surface area contributed by atoms with Crippen LogP contribution in [0.1, 0.15) is 62.8 Å². The Hall–Kier alpha value is -4.81.